The van der Waals surface area contributed by atoms with Crippen LogP contribution >= 0.6 is 23.1 Å². The van der Waals surface area contributed by atoms with E-state index in [0.29, 0.717) is 22.7 Å². The topological polar surface area (TPSA) is 94.1 Å². The summed E-state index contributed by atoms with van der Waals surface area (Å²) in [6, 6.07) is 3.83. The van der Waals surface area contributed by atoms with Crippen molar-refractivity contribution in [2.45, 2.75) is 50.5 Å². The highest BCUT2D eigenvalue weighted by atomic mass is 32.2. The Labute approximate surface area is 164 Å². The van der Waals surface area contributed by atoms with E-state index >= 15 is 0 Å². The molecule has 142 valence electrons. The van der Waals surface area contributed by atoms with E-state index < -0.39 is 5.25 Å². The minimum atomic E-state index is -0.410. The maximum absolute atomic E-state index is 12.3. The summed E-state index contributed by atoms with van der Waals surface area (Å²) in [5.74, 6) is 2.08. The van der Waals surface area contributed by atoms with Gasteiger partial charge in [-0.05, 0) is 50.7 Å². The van der Waals surface area contributed by atoms with E-state index in [9.17, 15) is 4.79 Å². The summed E-state index contributed by atoms with van der Waals surface area (Å²) in [5, 5.41) is 14.7. The van der Waals surface area contributed by atoms with E-state index in [1.165, 1.54) is 28.6 Å². The van der Waals surface area contributed by atoms with Crippen molar-refractivity contribution in [1.29, 1.82) is 0 Å². The number of amides is 1. The average molecular weight is 405 g/mol. The quantitative estimate of drug-likeness (QED) is 0.632. The molecule has 3 heterocycles. The number of fused-ring (bicyclic) bond motifs is 1. The van der Waals surface area contributed by atoms with Gasteiger partial charge in [-0.15, -0.1) is 21.5 Å². The molecule has 0 fully saturated rings. The highest BCUT2D eigenvalue weighted by Gasteiger charge is 2.23. The lowest BCUT2D eigenvalue weighted by Crippen LogP contribution is -2.22. The van der Waals surface area contributed by atoms with Gasteiger partial charge in [-0.2, -0.15) is 0 Å². The molecule has 1 aliphatic rings. The first kappa shape index (κ1) is 18.2. The molecule has 9 heteroatoms. The Hall–Kier alpha value is -2.13. The van der Waals surface area contributed by atoms with Gasteiger partial charge in [-0.3, -0.25) is 4.79 Å². The first-order valence-electron chi connectivity index (χ1n) is 8.84. The molecule has 3 aromatic rings. The fourth-order valence-corrected chi connectivity index (χ4v) is 4.84. The van der Waals surface area contributed by atoms with Gasteiger partial charge in [-0.25, -0.2) is 0 Å². The monoisotopic (exact) mass is 404 g/mol. The Kier molecular flexibility index (Phi) is 5.05. The summed E-state index contributed by atoms with van der Waals surface area (Å²) >= 11 is 2.95. The number of aryl methyl sites for hydroxylation is 2. The van der Waals surface area contributed by atoms with E-state index in [1.807, 2.05) is 0 Å². The molecule has 7 nitrogen and oxygen atoms in total. The molecule has 1 amide bonds. The average Bonchev–Trinajstić information content (AvgIpc) is 3.34. The molecular formula is C18H20N4O3S2. The van der Waals surface area contributed by atoms with Gasteiger partial charge < -0.3 is 14.3 Å². The van der Waals surface area contributed by atoms with Gasteiger partial charge in [0.05, 0.1) is 10.1 Å². The number of hydrogen-bond donors (Lipinski definition) is 1. The standard InChI is InChI=1S/C18H20N4O3S2/c1-9-4-5-13-12(6-9)8-14(27-13)17-20-21-18(24-17)26-11(3)16(23)19-15-7-10(2)25-22-15/h7-9,11H,4-6H2,1-3H3,(H,19,22,23)/t9-,11-/m1/s1. The van der Waals surface area contributed by atoms with Crippen LogP contribution in [0.25, 0.3) is 10.8 Å². The molecule has 0 bridgehead atoms. The van der Waals surface area contributed by atoms with Crippen molar-refractivity contribution in [3.8, 4) is 10.8 Å². The highest BCUT2D eigenvalue weighted by molar-refractivity contribution is 8.00. The Morgan fingerprint density at radius 3 is 3.04 bits per heavy atom. The van der Waals surface area contributed by atoms with Crippen molar-refractivity contribution in [3.63, 3.8) is 0 Å². The summed E-state index contributed by atoms with van der Waals surface area (Å²) in [6.07, 6.45) is 3.46. The fraction of sp³-hybridized carbons (Fsp3) is 0.444. The number of anilines is 1. The van der Waals surface area contributed by atoms with Crippen molar-refractivity contribution in [2.75, 3.05) is 5.32 Å². The normalized spacial score (nSPS) is 17.5. The molecule has 0 unspecified atom stereocenters. The van der Waals surface area contributed by atoms with Crippen LogP contribution in [0, 0.1) is 12.8 Å². The predicted molar refractivity (Wildman–Crippen MR) is 104 cm³/mol. The second kappa shape index (κ2) is 7.47. The third kappa shape index (κ3) is 4.08. The number of nitrogens with zero attached hydrogens (tertiary/aromatic N) is 3. The molecule has 0 saturated carbocycles. The van der Waals surface area contributed by atoms with E-state index in [0.717, 1.165) is 23.6 Å². The predicted octanol–water partition coefficient (Wildman–Crippen LogP) is 4.34. The first-order chi connectivity index (χ1) is 13.0. The summed E-state index contributed by atoms with van der Waals surface area (Å²) in [5.41, 5.74) is 1.40. The molecule has 0 saturated heterocycles. The number of hydrogen-bond acceptors (Lipinski definition) is 8. The van der Waals surface area contributed by atoms with Crippen LogP contribution < -0.4 is 5.32 Å². The Balaban J connectivity index is 1.41. The summed E-state index contributed by atoms with van der Waals surface area (Å²) < 4.78 is 10.7. The minimum absolute atomic E-state index is 0.200. The number of thioether (sulfide) groups is 1. The lowest BCUT2D eigenvalue weighted by molar-refractivity contribution is -0.115. The maximum atomic E-state index is 12.3. The van der Waals surface area contributed by atoms with Crippen LogP contribution in [0.2, 0.25) is 0 Å². The second-order valence-corrected chi connectivity index (χ2v) is 9.28. The lowest BCUT2D eigenvalue weighted by atomic mass is 9.90. The number of nitrogens with one attached hydrogen (secondary N) is 1. The van der Waals surface area contributed by atoms with Gasteiger partial charge in [0.2, 0.25) is 5.91 Å². The van der Waals surface area contributed by atoms with E-state index in [1.54, 1.807) is 31.3 Å². The largest absolute Gasteiger partial charge is 0.410 e. The molecule has 0 aromatic carbocycles. The van der Waals surface area contributed by atoms with Crippen molar-refractivity contribution >= 4 is 34.8 Å². The summed E-state index contributed by atoms with van der Waals surface area (Å²) in [4.78, 5) is 14.7. The third-order valence-corrected chi connectivity index (χ3v) is 6.63. The smallest absolute Gasteiger partial charge is 0.277 e. The number of carbonyl (C=O) groups is 1. The Morgan fingerprint density at radius 1 is 1.41 bits per heavy atom. The maximum Gasteiger partial charge on any atom is 0.277 e. The SMILES string of the molecule is Cc1cc(NC(=O)[C@@H](C)Sc2nnc(-c3cc4c(s3)CC[C@@H](C)C4)o2)no1. The van der Waals surface area contributed by atoms with Gasteiger partial charge in [0, 0.05) is 10.9 Å². The fourth-order valence-electron chi connectivity index (χ4n) is 3.03. The molecule has 0 aliphatic heterocycles. The number of thiophene rings is 1. The van der Waals surface area contributed by atoms with Gasteiger partial charge >= 0.3 is 0 Å². The zero-order valence-electron chi connectivity index (χ0n) is 15.3. The lowest BCUT2D eigenvalue weighted by Gasteiger charge is -2.16. The van der Waals surface area contributed by atoms with Crippen LogP contribution in [0.5, 0.6) is 0 Å². The second-order valence-electron chi connectivity index (χ2n) is 6.85. The van der Waals surface area contributed by atoms with Crippen LogP contribution in [0.4, 0.5) is 5.82 Å². The molecule has 1 aliphatic carbocycles. The van der Waals surface area contributed by atoms with Crippen LogP contribution in [0.15, 0.2) is 26.3 Å². The summed E-state index contributed by atoms with van der Waals surface area (Å²) in [7, 11) is 0. The minimum Gasteiger partial charge on any atom is -0.410 e. The number of carbonyl (C=O) groups excluding carboxylic acids is 1. The van der Waals surface area contributed by atoms with Crippen LogP contribution in [-0.4, -0.2) is 26.5 Å². The molecular weight excluding hydrogens is 384 g/mol. The van der Waals surface area contributed by atoms with Crippen LogP contribution in [0.1, 0.15) is 36.5 Å². The number of rotatable bonds is 5. The molecule has 0 radical (unpaired) electrons. The molecule has 4 rings (SSSR count). The van der Waals surface area contributed by atoms with E-state index in [2.05, 4.69) is 33.7 Å². The first-order valence-corrected chi connectivity index (χ1v) is 10.5. The van der Waals surface area contributed by atoms with Crippen molar-refractivity contribution in [1.82, 2.24) is 15.4 Å². The van der Waals surface area contributed by atoms with Crippen LogP contribution in [0.3, 0.4) is 0 Å². The zero-order valence-corrected chi connectivity index (χ0v) is 16.9. The number of aromatic nitrogens is 3. The molecule has 2 atom stereocenters. The molecule has 1 N–H and O–H groups in total. The highest BCUT2D eigenvalue weighted by Crippen LogP contribution is 2.37. The van der Waals surface area contributed by atoms with Crippen molar-refractivity contribution in [3.05, 3.63) is 28.3 Å². The van der Waals surface area contributed by atoms with Crippen LogP contribution in [-0.2, 0) is 17.6 Å². The zero-order chi connectivity index (χ0) is 19.0. The Morgan fingerprint density at radius 2 is 2.26 bits per heavy atom. The van der Waals surface area contributed by atoms with Gasteiger partial charge in [0.1, 0.15) is 5.76 Å². The van der Waals surface area contributed by atoms with Gasteiger partial charge in [0.15, 0.2) is 5.82 Å². The molecule has 27 heavy (non-hydrogen) atoms. The summed E-state index contributed by atoms with van der Waals surface area (Å²) in [6.45, 7) is 5.83. The van der Waals surface area contributed by atoms with Gasteiger partial charge in [0.25, 0.3) is 11.1 Å². The van der Waals surface area contributed by atoms with Crippen molar-refractivity contribution < 1.29 is 13.7 Å². The van der Waals surface area contributed by atoms with E-state index in [-0.39, 0.29) is 5.91 Å². The molecule has 3 aromatic heterocycles. The Bertz CT molecular complexity index is 962. The van der Waals surface area contributed by atoms with Gasteiger partial charge in [-0.1, -0.05) is 23.8 Å². The van der Waals surface area contributed by atoms with E-state index in [4.69, 9.17) is 8.94 Å². The third-order valence-electron chi connectivity index (χ3n) is 4.47. The van der Waals surface area contributed by atoms with Crippen molar-refractivity contribution in [2.24, 2.45) is 5.92 Å². The molecule has 0 spiro atoms.